The Morgan fingerprint density at radius 1 is 1.21 bits per heavy atom. The summed E-state index contributed by atoms with van der Waals surface area (Å²) in [7, 11) is 0. The van der Waals surface area contributed by atoms with E-state index in [0.29, 0.717) is 11.5 Å². The molecule has 3 rings (SSSR count). The molecule has 0 spiro atoms. The summed E-state index contributed by atoms with van der Waals surface area (Å²) in [6.45, 7) is 2.10. The van der Waals surface area contributed by atoms with E-state index in [1.807, 2.05) is 18.2 Å². The highest BCUT2D eigenvalue weighted by atomic mass is 19.1. The van der Waals surface area contributed by atoms with Crippen molar-refractivity contribution in [3.05, 3.63) is 54.0 Å². The SMILES string of the molecule is Fc1ccccc1-c1cc(C2CCCNC2)ccn1. The summed E-state index contributed by atoms with van der Waals surface area (Å²) < 4.78 is 13.8. The predicted octanol–water partition coefficient (Wildman–Crippen LogP) is 3.35. The van der Waals surface area contributed by atoms with Gasteiger partial charge in [-0.05, 0) is 55.1 Å². The maximum absolute atomic E-state index is 13.8. The van der Waals surface area contributed by atoms with Crippen LogP contribution in [0.5, 0.6) is 0 Å². The molecule has 0 amide bonds. The van der Waals surface area contributed by atoms with Gasteiger partial charge in [0.1, 0.15) is 5.82 Å². The quantitative estimate of drug-likeness (QED) is 0.891. The Labute approximate surface area is 112 Å². The van der Waals surface area contributed by atoms with Crippen molar-refractivity contribution in [2.75, 3.05) is 13.1 Å². The number of aromatic nitrogens is 1. The van der Waals surface area contributed by atoms with Gasteiger partial charge in [0.25, 0.3) is 0 Å². The van der Waals surface area contributed by atoms with E-state index in [0.717, 1.165) is 18.8 Å². The number of piperidine rings is 1. The molecule has 1 aliphatic heterocycles. The maximum atomic E-state index is 13.8. The molecular weight excluding hydrogens is 239 g/mol. The van der Waals surface area contributed by atoms with Crippen LogP contribution in [-0.2, 0) is 0 Å². The number of halogens is 1. The minimum absolute atomic E-state index is 0.214. The third kappa shape index (κ3) is 2.66. The van der Waals surface area contributed by atoms with E-state index >= 15 is 0 Å². The second kappa shape index (κ2) is 5.49. The van der Waals surface area contributed by atoms with Gasteiger partial charge >= 0.3 is 0 Å². The van der Waals surface area contributed by atoms with Crippen LogP contribution in [0.4, 0.5) is 4.39 Å². The van der Waals surface area contributed by atoms with E-state index in [1.165, 1.54) is 24.5 Å². The second-order valence-corrected chi connectivity index (χ2v) is 5.00. The second-order valence-electron chi connectivity index (χ2n) is 5.00. The lowest BCUT2D eigenvalue weighted by molar-refractivity contribution is 0.461. The molecule has 1 atom stereocenters. The Morgan fingerprint density at radius 3 is 2.89 bits per heavy atom. The number of hydrogen-bond acceptors (Lipinski definition) is 2. The van der Waals surface area contributed by atoms with Gasteiger partial charge in [-0.25, -0.2) is 4.39 Å². The highest BCUT2D eigenvalue weighted by Crippen LogP contribution is 2.27. The first-order chi connectivity index (χ1) is 9.34. The molecular formula is C16H17FN2. The monoisotopic (exact) mass is 256 g/mol. The number of hydrogen-bond donors (Lipinski definition) is 1. The molecule has 2 aromatic rings. The van der Waals surface area contributed by atoms with Gasteiger partial charge in [0, 0.05) is 18.3 Å². The highest BCUT2D eigenvalue weighted by Gasteiger charge is 2.16. The molecule has 0 radical (unpaired) electrons. The molecule has 0 saturated carbocycles. The van der Waals surface area contributed by atoms with Crippen molar-refractivity contribution in [1.29, 1.82) is 0 Å². The number of rotatable bonds is 2. The van der Waals surface area contributed by atoms with Crippen LogP contribution in [0.1, 0.15) is 24.3 Å². The van der Waals surface area contributed by atoms with Gasteiger partial charge in [-0.2, -0.15) is 0 Å². The van der Waals surface area contributed by atoms with Gasteiger partial charge in [-0.3, -0.25) is 4.98 Å². The summed E-state index contributed by atoms with van der Waals surface area (Å²) >= 11 is 0. The van der Waals surface area contributed by atoms with Crippen LogP contribution >= 0.6 is 0 Å². The first-order valence-corrected chi connectivity index (χ1v) is 6.76. The van der Waals surface area contributed by atoms with Gasteiger partial charge in [-0.15, -0.1) is 0 Å². The van der Waals surface area contributed by atoms with E-state index in [4.69, 9.17) is 0 Å². The third-order valence-corrected chi connectivity index (χ3v) is 3.70. The maximum Gasteiger partial charge on any atom is 0.132 e. The molecule has 0 aliphatic carbocycles. The molecule has 3 heteroatoms. The van der Waals surface area contributed by atoms with E-state index < -0.39 is 0 Å². The molecule has 19 heavy (non-hydrogen) atoms. The molecule has 98 valence electrons. The number of pyridine rings is 1. The van der Waals surface area contributed by atoms with Crippen molar-refractivity contribution in [3.63, 3.8) is 0 Å². The van der Waals surface area contributed by atoms with Crippen LogP contribution in [-0.4, -0.2) is 18.1 Å². The standard InChI is InChI=1S/C16H17FN2/c17-15-6-2-1-5-14(15)16-10-12(7-9-19-16)13-4-3-8-18-11-13/h1-2,5-7,9-10,13,18H,3-4,8,11H2. The van der Waals surface area contributed by atoms with Gasteiger partial charge in [0.15, 0.2) is 0 Å². The molecule has 1 aliphatic rings. The number of nitrogens with zero attached hydrogens (tertiary/aromatic N) is 1. The van der Waals surface area contributed by atoms with Gasteiger partial charge in [0.05, 0.1) is 5.69 Å². The lowest BCUT2D eigenvalue weighted by atomic mass is 9.91. The van der Waals surface area contributed by atoms with Crippen LogP contribution in [0.3, 0.4) is 0 Å². The minimum Gasteiger partial charge on any atom is -0.316 e. The highest BCUT2D eigenvalue weighted by molar-refractivity contribution is 5.60. The number of nitrogens with one attached hydrogen (secondary N) is 1. The van der Waals surface area contributed by atoms with Crippen molar-refractivity contribution in [2.24, 2.45) is 0 Å². The van der Waals surface area contributed by atoms with Gasteiger partial charge in [0.2, 0.25) is 0 Å². The van der Waals surface area contributed by atoms with Gasteiger partial charge in [-0.1, -0.05) is 12.1 Å². The first kappa shape index (κ1) is 12.3. The third-order valence-electron chi connectivity index (χ3n) is 3.70. The largest absolute Gasteiger partial charge is 0.316 e. The Morgan fingerprint density at radius 2 is 2.11 bits per heavy atom. The topological polar surface area (TPSA) is 24.9 Å². The molecule has 1 saturated heterocycles. The minimum atomic E-state index is -0.214. The molecule has 1 fully saturated rings. The zero-order valence-corrected chi connectivity index (χ0v) is 10.8. The lowest BCUT2D eigenvalue weighted by Crippen LogP contribution is -2.28. The normalized spacial score (nSPS) is 19.3. The molecule has 1 unspecified atom stereocenters. The van der Waals surface area contributed by atoms with Crippen LogP contribution < -0.4 is 5.32 Å². The van der Waals surface area contributed by atoms with Crippen molar-refractivity contribution in [3.8, 4) is 11.3 Å². The molecule has 2 nitrogen and oxygen atoms in total. The van der Waals surface area contributed by atoms with E-state index in [-0.39, 0.29) is 5.82 Å². The Balaban J connectivity index is 1.93. The summed E-state index contributed by atoms with van der Waals surface area (Å²) in [5.74, 6) is 0.302. The molecule has 1 aromatic carbocycles. The van der Waals surface area contributed by atoms with Crippen molar-refractivity contribution in [1.82, 2.24) is 10.3 Å². The fourth-order valence-electron chi connectivity index (χ4n) is 2.65. The average Bonchev–Trinajstić information content (AvgIpc) is 2.49. The van der Waals surface area contributed by atoms with Crippen molar-refractivity contribution >= 4 is 0 Å². The Hall–Kier alpha value is -1.74. The Bertz CT molecular complexity index is 562. The number of benzene rings is 1. The van der Waals surface area contributed by atoms with Crippen LogP contribution in [0.15, 0.2) is 42.6 Å². The van der Waals surface area contributed by atoms with Gasteiger partial charge < -0.3 is 5.32 Å². The Kier molecular flexibility index (Phi) is 3.56. The fourth-order valence-corrected chi connectivity index (χ4v) is 2.65. The first-order valence-electron chi connectivity index (χ1n) is 6.76. The zero-order valence-electron chi connectivity index (χ0n) is 10.8. The molecule has 0 bridgehead atoms. The fraction of sp³-hybridized carbons (Fsp3) is 0.312. The lowest BCUT2D eigenvalue weighted by Gasteiger charge is -2.23. The van der Waals surface area contributed by atoms with E-state index in [9.17, 15) is 4.39 Å². The summed E-state index contributed by atoms with van der Waals surface area (Å²) in [5.41, 5.74) is 2.55. The molecule has 2 heterocycles. The summed E-state index contributed by atoms with van der Waals surface area (Å²) in [4.78, 5) is 4.30. The van der Waals surface area contributed by atoms with Crippen molar-refractivity contribution in [2.45, 2.75) is 18.8 Å². The summed E-state index contributed by atoms with van der Waals surface area (Å²) in [5, 5.41) is 3.41. The smallest absolute Gasteiger partial charge is 0.132 e. The van der Waals surface area contributed by atoms with Crippen LogP contribution in [0, 0.1) is 5.82 Å². The van der Waals surface area contributed by atoms with Crippen LogP contribution in [0.2, 0.25) is 0 Å². The average molecular weight is 256 g/mol. The summed E-state index contributed by atoms with van der Waals surface area (Å²) in [6, 6.07) is 10.9. The molecule has 1 aromatic heterocycles. The van der Waals surface area contributed by atoms with Crippen molar-refractivity contribution < 1.29 is 4.39 Å². The van der Waals surface area contributed by atoms with E-state index in [2.05, 4.69) is 10.3 Å². The zero-order chi connectivity index (χ0) is 13.1. The summed E-state index contributed by atoms with van der Waals surface area (Å²) in [6.07, 6.45) is 4.17. The van der Waals surface area contributed by atoms with E-state index in [1.54, 1.807) is 18.3 Å². The van der Waals surface area contributed by atoms with Crippen LogP contribution in [0.25, 0.3) is 11.3 Å². The molecule has 1 N–H and O–H groups in total. The predicted molar refractivity (Wildman–Crippen MR) is 74.5 cm³/mol.